The number of aromatic nitrogens is 2. The molecular formula is C9H10N4O2S. The quantitative estimate of drug-likeness (QED) is 0.735. The van der Waals surface area contributed by atoms with Crippen LogP contribution in [0.25, 0.3) is 0 Å². The highest BCUT2D eigenvalue weighted by molar-refractivity contribution is 7.92. The van der Waals surface area contributed by atoms with Crippen LogP contribution in [0.4, 0.5) is 11.5 Å². The number of sulfonamides is 1. The van der Waals surface area contributed by atoms with Gasteiger partial charge < -0.3 is 5.73 Å². The molecule has 84 valence electrons. The molecule has 0 aliphatic carbocycles. The van der Waals surface area contributed by atoms with Crippen molar-refractivity contribution in [3.8, 4) is 0 Å². The van der Waals surface area contributed by atoms with Crippen LogP contribution in [0, 0.1) is 0 Å². The summed E-state index contributed by atoms with van der Waals surface area (Å²) in [6.07, 6.45) is 1.17. The minimum atomic E-state index is -3.67. The standard InChI is InChI=1S/C9H10N4O2S/c10-9-8(6-11-12-9)16(14,15)13-7-4-2-1-3-5-7/h1-6,13H,(H3,10,11,12). The second-order valence-electron chi connectivity index (χ2n) is 3.12. The van der Waals surface area contributed by atoms with E-state index >= 15 is 0 Å². The zero-order valence-corrected chi connectivity index (χ0v) is 9.03. The summed E-state index contributed by atoms with van der Waals surface area (Å²) in [6.45, 7) is 0. The first-order valence-electron chi connectivity index (χ1n) is 4.46. The fraction of sp³-hybridized carbons (Fsp3) is 0. The Morgan fingerprint density at radius 2 is 1.94 bits per heavy atom. The van der Waals surface area contributed by atoms with E-state index in [1.165, 1.54) is 6.20 Å². The second kappa shape index (κ2) is 3.86. The van der Waals surface area contributed by atoms with E-state index in [2.05, 4.69) is 14.9 Å². The fourth-order valence-electron chi connectivity index (χ4n) is 1.22. The lowest BCUT2D eigenvalue weighted by Crippen LogP contribution is -2.13. The third-order valence-electron chi connectivity index (χ3n) is 1.95. The first-order valence-corrected chi connectivity index (χ1v) is 5.94. The summed E-state index contributed by atoms with van der Waals surface area (Å²) in [4.78, 5) is -0.0589. The van der Waals surface area contributed by atoms with E-state index in [9.17, 15) is 8.42 Å². The summed E-state index contributed by atoms with van der Waals surface area (Å²) in [5, 5.41) is 5.93. The molecule has 0 saturated carbocycles. The Morgan fingerprint density at radius 3 is 2.50 bits per heavy atom. The molecule has 6 nitrogen and oxygen atoms in total. The van der Waals surface area contributed by atoms with Crippen molar-refractivity contribution >= 4 is 21.5 Å². The third-order valence-corrected chi connectivity index (χ3v) is 3.36. The molecule has 2 aromatic rings. The average Bonchev–Trinajstić information content (AvgIpc) is 2.66. The number of H-pyrrole nitrogens is 1. The zero-order valence-electron chi connectivity index (χ0n) is 8.21. The van der Waals surface area contributed by atoms with Gasteiger partial charge in [0.05, 0.1) is 6.20 Å². The molecule has 0 atom stereocenters. The van der Waals surface area contributed by atoms with Crippen LogP contribution in [0.1, 0.15) is 0 Å². The summed E-state index contributed by atoms with van der Waals surface area (Å²) in [5.41, 5.74) is 5.92. The van der Waals surface area contributed by atoms with Crippen molar-refractivity contribution < 1.29 is 8.42 Å². The molecule has 0 fully saturated rings. The van der Waals surface area contributed by atoms with Crippen LogP contribution < -0.4 is 10.5 Å². The highest BCUT2D eigenvalue weighted by atomic mass is 32.2. The maximum atomic E-state index is 11.8. The Balaban J connectivity index is 2.32. The molecule has 0 aliphatic heterocycles. The van der Waals surface area contributed by atoms with E-state index in [0.717, 1.165) is 0 Å². The SMILES string of the molecule is Nc1[nH]ncc1S(=O)(=O)Nc1ccccc1. The summed E-state index contributed by atoms with van der Waals surface area (Å²) in [7, 11) is -3.67. The molecule has 2 rings (SSSR count). The van der Waals surface area contributed by atoms with Gasteiger partial charge >= 0.3 is 0 Å². The molecule has 7 heteroatoms. The van der Waals surface area contributed by atoms with Crippen LogP contribution in [-0.4, -0.2) is 18.6 Å². The van der Waals surface area contributed by atoms with Gasteiger partial charge in [0.1, 0.15) is 10.7 Å². The minimum absolute atomic E-state index is 0.0171. The number of nitrogens with two attached hydrogens (primary N) is 1. The summed E-state index contributed by atoms with van der Waals surface area (Å²) >= 11 is 0. The maximum absolute atomic E-state index is 11.8. The Morgan fingerprint density at radius 1 is 1.25 bits per heavy atom. The van der Waals surface area contributed by atoms with Gasteiger partial charge in [0.15, 0.2) is 0 Å². The number of para-hydroxylation sites is 1. The van der Waals surface area contributed by atoms with Crippen LogP contribution in [-0.2, 0) is 10.0 Å². The first kappa shape index (κ1) is 10.5. The lowest BCUT2D eigenvalue weighted by Gasteiger charge is -2.05. The molecule has 0 radical (unpaired) electrons. The van der Waals surface area contributed by atoms with Gasteiger partial charge in [0.25, 0.3) is 10.0 Å². The van der Waals surface area contributed by atoms with Gasteiger partial charge in [0, 0.05) is 5.69 Å². The molecular weight excluding hydrogens is 228 g/mol. The third kappa shape index (κ3) is 1.98. The number of nitrogen functional groups attached to an aromatic ring is 1. The van der Waals surface area contributed by atoms with Crippen molar-refractivity contribution in [3.63, 3.8) is 0 Å². The van der Waals surface area contributed by atoms with Crippen LogP contribution in [0.5, 0.6) is 0 Å². The van der Waals surface area contributed by atoms with E-state index < -0.39 is 10.0 Å². The molecule has 0 amide bonds. The molecule has 1 aromatic heterocycles. The first-order chi connectivity index (χ1) is 7.59. The maximum Gasteiger partial charge on any atom is 0.267 e. The van der Waals surface area contributed by atoms with Crippen LogP contribution in [0.2, 0.25) is 0 Å². The molecule has 0 bridgehead atoms. The second-order valence-corrected chi connectivity index (χ2v) is 4.77. The van der Waals surface area contributed by atoms with Gasteiger partial charge in [-0.3, -0.25) is 9.82 Å². The lowest BCUT2D eigenvalue weighted by atomic mass is 10.3. The summed E-state index contributed by atoms with van der Waals surface area (Å²) in [6, 6.07) is 8.55. The number of hydrogen-bond acceptors (Lipinski definition) is 4. The van der Waals surface area contributed by atoms with Crippen molar-refractivity contribution in [2.24, 2.45) is 0 Å². The number of nitrogens with zero attached hydrogens (tertiary/aromatic N) is 1. The van der Waals surface area contributed by atoms with Crippen LogP contribution in [0.3, 0.4) is 0 Å². The van der Waals surface area contributed by atoms with Gasteiger partial charge in [-0.05, 0) is 12.1 Å². The zero-order chi connectivity index (χ0) is 11.6. The highest BCUT2D eigenvalue weighted by Gasteiger charge is 2.18. The lowest BCUT2D eigenvalue weighted by molar-refractivity contribution is 0.601. The fourth-order valence-corrected chi connectivity index (χ4v) is 2.30. The summed E-state index contributed by atoms with van der Waals surface area (Å²) < 4.78 is 26.1. The topological polar surface area (TPSA) is 101 Å². The van der Waals surface area contributed by atoms with Crippen molar-refractivity contribution in [3.05, 3.63) is 36.5 Å². The van der Waals surface area contributed by atoms with E-state index in [4.69, 9.17) is 5.73 Å². The molecule has 0 saturated heterocycles. The Kier molecular flexibility index (Phi) is 2.53. The number of benzene rings is 1. The summed E-state index contributed by atoms with van der Waals surface area (Å²) in [5.74, 6) is 0.0171. The van der Waals surface area contributed by atoms with Gasteiger partial charge in [-0.15, -0.1) is 0 Å². The van der Waals surface area contributed by atoms with E-state index in [1.807, 2.05) is 0 Å². The molecule has 16 heavy (non-hydrogen) atoms. The molecule has 1 aromatic carbocycles. The molecule has 4 N–H and O–H groups in total. The van der Waals surface area contributed by atoms with Crippen molar-refractivity contribution in [1.29, 1.82) is 0 Å². The smallest absolute Gasteiger partial charge is 0.267 e. The van der Waals surface area contributed by atoms with Crippen molar-refractivity contribution in [1.82, 2.24) is 10.2 Å². The Hall–Kier alpha value is -2.02. The number of anilines is 2. The van der Waals surface area contributed by atoms with Gasteiger partial charge in [0.2, 0.25) is 0 Å². The predicted octanol–water partition coefficient (Wildman–Crippen LogP) is 0.793. The number of rotatable bonds is 3. The van der Waals surface area contributed by atoms with Crippen LogP contribution >= 0.6 is 0 Å². The van der Waals surface area contributed by atoms with E-state index in [-0.39, 0.29) is 10.7 Å². The van der Waals surface area contributed by atoms with E-state index in [0.29, 0.717) is 5.69 Å². The van der Waals surface area contributed by atoms with Gasteiger partial charge in [-0.1, -0.05) is 18.2 Å². The minimum Gasteiger partial charge on any atom is -0.383 e. The Bertz CT molecular complexity index is 577. The monoisotopic (exact) mass is 238 g/mol. The number of hydrogen-bond donors (Lipinski definition) is 3. The number of aromatic amines is 1. The molecule has 0 unspecified atom stereocenters. The van der Waals surface area contributed by atoms with E-state index in [1.54, 1.807) is 30.3 Å². The van der Waals surface area contributed by atoms with Gasteiger partial charge in [-0.25, -0.2) is 8.42 Å². The molecule has 0 aliphatic rings. The number of nitrogens with one attached hydrogen (secondary N) is 2. The normalized spacial score (nSPS) is 11.2. The highest BCUT2D eigenvalue weighted by Crippen LogP contribution is 2.18. The average molecular weight is 238 g/mol. The van der Waals surface area contributed by atoms with Crippen LogP contribution in [0.15, 0.2) is 41.4 Å². The molecule has 0 spiro atoms. The Labute approximate surface area is 92.5 Å². The largest absolute Gasteiger partial charge is 0.383 e. The molecule has 1 heterocycles. The van der Waals surface area contributed by atoms with Gasteiger partial charge in [-0.2, -0.15) is 5.10 Å². The van der Waals surface area contributed by atoms with Crippen molar-refractivity contribution in [2.75, 3.05) is 10.5 Å². The van der Waals surface area contributed by atoms with Crippen molar-refractivity contribution in [2.45, 2.75) is 4.90 Å². The predicted molar refractivity (Wildman–Crippen MR) is 60.3 cm³/mol.